The lowest BCUT2D eigenvalue weighted by molar-refractivity contribution is -0.123. The van der Waals surface area contributed by atoms with E-state index in [9.17, 15) is 22.8 Å². The first-order chi connectivity index (χ1) is 6.54. The highest BCUT2D eigenvalue weighted by molar-refractivity contribution is 7.86. The monoisotopic (exact) mass is 247 g/mol. The lowest BCUT2D eigenvalue weighted by Gasteiger charge is -1.97. The van der Waals surface area contributed by atoms with E-state index in [2.05, 4.69) is 0 Å². The molecule has 0 aromatic carbocycles. The van der Waals surface area contributed by atoms with Crippen molar-refractivity contribution >= 4 is 21.9 Å². The van der Waals surface area contributed by atoms with Crippen LogP contribution in [0.15, 0.2) is 12.2 Å². The van der Waals surface area contributed by atoms with Crippen molar-refractivity contribution in [1.82, 2.24) is 5.32 Å². The highest BCUT2D eigenvalue weighted by atomic mass is 32.2. The fraction of sp³-hybridized carbons (Fsp3) is 0.200. The Morgan fingerprint density at radius 2 is 1.40 bits per heavy atom. The molecule has 1 aliphatic rings. The van der Waals surface area contributed by atoms with Gasteiger partial charge < -0.3 is 0 Å². The molecule has 0 saturated carbocycles. The summed E-state index contributed by atoms with van der Waals surface area (Å²) in [6.07, 6.45) is 2.39. The van der Waals surface area contributed by atoms with Crippen molar-refractivity contribution < 1.29 is 35.7 Å². The molecule has 1 aliphatic heterocycles. The Hall–Kier alpha value is -1.42. The Kier molecular flexibility index (Phi) is 3.98. The molecule has 0 bridgehead atoms. The summed E-state index contributed by atoms with van der Waals surface area (Å²) >= 11 is 0. The van der Waals surface area contributed by atoms with E-state index in [4.69, 9.17) is 13.0 Å². The maximum absolute atomic E-state index is 10.7. The van der Waals surface area contributed by atoms with Gasteiger partial charge in [-0.25, -0.2) is 0 Å². The van der Waals surface area contributed by atoms with E-state index in [1.54, 1.807) is 0 Å². The molecule has 0 aromatic rings. The molecular weight excluding hydrogens is 243 g/mol. The van der Waals surface area contributed by atoms with Crippen LogP contribution in [-0.2, 0) is 19.7 Å². The maximum atomic E-state index is 10.7. The molecule has 0 fully saturated rings. The number of alkyl halides is 3. The van der Waals surface area contributed by atoms with E-state index >= 15 is 0 Å². The van der Waals surface area contributed by atoms with Crippen LogP contribution in [0.2, 0.25) is 0 Å². The molecule has 0 radical (unpaired) electrons. The average molecular weight is 247 g/mol. The summed E-state index contributed by atoms with van der Waals surface area (Å²) in [6.45, 7) is 0. The van der Waals surface area contributed by atoms with Crippen LogP contribution in [0, 0.1) is 0 Å². The second-order valence-corrected chi connectivity index (χ2v) is 3.52. The minimum atomic E-state index is -5.84. The zero-order valence-corrected chi connectivity index (χ0v) is 7.59. The van der Waals surface area contributed by atoms with Gasteiger partial charge in [0.1, 0.15) is 0 Å². The third kappa shape index (κ3) is 5.12. The summed E-state index contributed by atoms with van der Waals surface area (Å²) in [5, 5.41) is 2.03. The van der Waals surface area contributed by atoms with Gasteiger partial charge in [-0.3, -0.25) is 19.5 Å². The summed E-state index contributed by atoms with van der Waals surface area (Å²) in [4.78, 5) is 20.1. The molecule has 15 heavy (non-hydrogen) atoms. The highest BCUT2D eigenvalue weighted by Crippen LogP contribution is 2.20. The molecule has 0 unspecified atom stereocenters. The van der Waals surface area contributed by atoms with Gasteiger partial charge in [0.05, 0.1) is 0 Å². The van der Waals surface area contributed by atoms with Crippen LogP contribution in [0.1, 0.15) is 0 Å². The Bertz CT molecular complexity index is 379. The molecule has 86 valence electrons. The molecule has 2 N–H and O–H groups in total. The van der Waals surface area contributed by atoms with Crippen LogP contribution in [-0.4, -0.2) is 30.3 Å². The molecule has 0 atom stereocenters. The number of nitrogens with one attached hydrogen (secondary N) is 1. The van der Waals surface area contributed by atoms with E-state index in [-0.39, 0.29) is 11.8 Å². The lowest BCUT2D eigenvalue weighted by atomic mass is 10.6. The number of carbonyl (C=O) groups excluding carboxylic acids is 2. The van der Waals surface area contributed by atoms with Gasteiger partial charge in [-0.15, -0.1) is 0 Å². The highest BCUT2D eigenvalue weighted by Gasteiger charge is 2.44. The second kappa shape index (κ2) is 4.40. The standard InChI is InChI=1S/C4H3NO2.CHF3O3S/c6-3-1-2-4(7)5-3;2-1(3,4)8(5,6)7/h1-2H,(H,5,6,7);(H,5,6,7). The summed E-state index contributed by atoms with van der Waals surface area (Å²) in [5.74, 6) is -0.657. The van der Waals surface area contributed by atoms with Gasteiger partial charge in [0.25, 0.3) is 11.8 Å². The zero-order valence-electron chi connectivity index (χ0n) is 6.78. The normalized spacial score (nSPS) is 15.7. The van der Waals surface area contributed by atoms with Crippen LogP contribution in [0.3, 0.4) is 0 Å². The Balaban J connectivity index is 0.000000262. The summed E-state index contributed by atoms with van der Waals surface area (Å²) in [5.41, 5.74) is -5.53. The van der Waals surface area contributed by atoms with Crippen LogP contribution in [0.25, 0.3) is 0 Å². The van der Waals surface area contributed by atoms with Crippen molar-refractivity contribution in [1.29, 1.82) is 0 Å². The minimum absolute atomic E-state index is 0.329. The van der Waals surface area contributed by atoms with E-state index < -0.39 is 15.6 Å². The molecule has 0 saturated heterocycles. The predicted octanol–water partition coefficient (Wildman–Crippen LogP) is -0.407. The number of amides is 2. The van der Waals surface area contributed by atoms with Gasteiger partial charge in [0.15, 0.2) is 0 Å². The smallest absolute Gasteiger partial charge is 0.289 e. The van der Waals surface area contributed by atoms with E-state index in [0.29, 0.717) is 0 Å². The Morgan fingerprint density at radius 1 is 1.13 bits per heavy atom. The molecule has 0 aliphatic carbocycles. The van der Waals surface area contributed by atoms with Gasteiger partial charge >= 0.3 is 15.6 Å². The van der Waals surface area contributed by atoms with Crippen molar-refractivity contribution in [2.75, 3.05) is 0 Å². The van der Waals surface area contributed by atoms with Gasteiger partial charge in [0.2, 0.25) is 0 Å². The van der Waals surface area contributed by atoms with E-state index in [1.807, 2.05) is 5.32 Å². The predicted molar refractivity (Wildman–Crippen MR) is 39.9 cm³/mol. The van der Waals surface area contributed by atoms with Crippen molar-refractivity contribution in [3.05, 3.63) is 12.2 Å². The van der Waals surface area contributed by atoms with Gasteiger partial charge in [0, 0.05) is 12.2 Å². The summed E-state index contributed by atoms with van der Waals surface area (Å²) < 4.78 is 57.5. The molecule has 2 amide bonds. The minimum Gasteiger partial charge on any atom is -0.289 e. The second-order valence-electron chi connectivity index (χ2n) is 2.11. The van der Waals surface area contributed by atoms with Gasteiger partial charge in [-0.1, -0.05) is 0 Å². The fourth-order valence-electron chi connectivity index (χ4n) is 0.356. The third-order valence-electron chi connectivity index (χ3n) is 0.925. The topological polar surface area (TPSA) is 101 Å². The molecular formula is C5H4F3NO5S. The Labute approximate surface area is 81.5 Å². The number of hydrogen-bond acceptors (Lipinski definition) is 4. The first-order valence-electron chi connectivity index (χ1n) is 3.11. The number of hydrogen-bond donors (Lipinski definition) is 2. The van der Waals surface area contributed by atoms with Crippen molar-refractivity contribution in [2.24, 2.45) is 0 Å². The Morgan fingerprint density at radius 3 is 1.47 bits per heavy atom. The summed E-state index contributed by atoms with van der Waals surface area (Å²) in [6, 6.07) is 0. The molecule has 10 heteroatoms. The van der Waals surface area contributed by atoms with Crippen molar-refractivity contribution in [3.63, 3.8) is 0 Å². The molecule has 6 nitrogen and oxygen atoms in total. The summed E-state index contributed by atoms with van der Waals surface area (Å²) in [7, 11) is -5.84. The fourth-order valence-corrected chi connectivity index (χ4v) is 0.356. The maximum Gasteiger partial charge on any atom is 0.522 e. The largest absolute Gasteiger partial charge is 0.522 e. The van der Waals surface area contributed by atoms with Gasteiger partial charge in [-0.2, -0.15) is 21.6 Å². The van der Waals surface area contributed by atoms with E-state index in [1.165, 1.54) is 12.2 Å². The molecule has 1 rings (SSSR count). The molecule has 1 heterocycles. The van der Waals surface area contributed by atoms with Crippen molar-refractivity contribution in [3.8, 4) is 0 Å². The first kappa shape index (κ1) is 13.6. The third-order valence-corrected chi connectivity index (χ3v) is 1.51. The number of rotatable bonds is 0. The first-order valence-corrected chi connectivity index (χ1v) is 4.55. The lowest BCUT2D eigenvalue weighted by Crippen LogP contribution is -2.21. The van der Waals surface area contributed by atoms with Crippen LogP contribution in [0.5, 0.6) is 0 Å². The number of imide groups is 1. The van der Waals surface area contributed by atoms with Gasteiger partial charge in [-0.05, 0) is 0 Å². The van der Waals surface area contributed by atoms with Crippen LogP contribution in [0.4, 0.5) is 13.2 Å². The van der Waals surface area contributed by atoms with Crippen molar-refractivity contribution in [2.45, 2.75) is 5.51 Å². The average Bonchev–Trinajstić information content (AvgIpc) is 2.31. The zero-order chi connectivity index (χ0) is 12.3. The number of carbonyl (C=O) groups is 2. The molecule has 0 aromatic heterocycles. The SMILES string of the molecule is O=C1C=CC(=O)N1.O=S(=O)(O)C(F)(F)F. The van der Waals surface area contributed by atoms with E-state index in [0.717, 1.165) is 0 Å². The van der Waals surface area contributed by atoms with Crippen LogP contribution < -0.4 is 5.32 Å². The van der Waals surface area contributed by atoms with Crippen LogP contribution >= 0.6 is 0 Å². The number of halogens is 3. The quantitative estimate of drug-likeness (QED) is 0.344. The molecule has 0 spiro atoms.